The van der Waals surface area contributed by atoms with Crippen molar-refractivity contribution in [3.8, 4) is 5.75 Å². The molecule has 3 rings (SSSR count). The van der Waals surface area contributed by atoms with E-state index in [4.69, 9.17) is 4.74 Å². The van der Waals surface area contributed by atoms with Gasteiger partial charge in [0.05, 0.1) is 12.2 Å². The van der Waals surface area contributed by atoms with Crippen molar-refractivity contribution in [2.24, 2.45) is 0 Å². The Balaban J connectivity index is 1.88. The lowest BCUT2D eigenvalue weighted by Crippen LogP contribution is -2.40. The van der Waals surface area contributed by atoms with Gasteiger partial charge in [0.1, 0.15) is 11.9 Å². The smallest absolute Gasteiger partial charge is 0.143 e. The lowest BCUT2D eigenvalue weighted by Gasteiger charge is -2.35. The molecule has 0 saturated carbocycles. The zero-order chi connectivity index (χ0) is 13.1. The maximum atomic E-state index is 5.96. The predicted octanol–water partition coefficient (Wildman–Crippen LogP) is 3.85. The van der Waals surface area contributed by atoms with Crippen LogP contribution in [0.25, 0.3) is 0 Å². The fourth-order valence-corrected chi connectivity index (χ4v) is 2.75. The monoisotopic (exact) mass is 317 g/mol. The van der Waals surface area contributed by atoms with Crippen LogP contribution in [0.3, 0.4) is 0 Å². The summed E-state index contributed by atoms with van der Waals surface area (Å²) in [6.45, 7) is 1.84. The zero-order valence-corrected chi connectivity index (χ0v) is 12.2. The summed E-state index contributed by atoms with van der Waals surface area (Å²) in [5.74, 6) is 0.981. The Kier molecular flexibility index (Phi) is 3.74. The van der Waals surface area contributed by atoms with Gasteiger partial charge in [-0.05, 0) is 17.7 Å². The van der Waals surface area contributed by atoms with Gasteiger partial charge in [0.15, 0.2) is 0 Å². The highest BCUT2D eigenvalue weighted by Crippen LogP contribution is 2.34. The number of ether oxygens (including phenoxy) is 1. The third kappa shape index (κ3) is 2.76. The van der Waals surface area contributed by atoms with Crippen molar-refractivity contribution in [1.82, 2.24) is 0 Å². The third-order valence-electron chi connectivity index (χ3n) is 3.31. The van der Waals surface area contributed by atoms with Crippen LogP contribution in [0.2, 0.25) is 0 Å². The van der Waals surface area contributed by atoms with E-state index in [9.17, 15) is 0 Å². The average Bonchev–Trinajstić information content (AvgIpc) is 2.48. The maximum Gasteiger partial charge on any atom is 0.143 e. The molecule has 19 heavy (non-hydrogen) atoms. The minimum atomic E-state index is 0.207. The molecular weight excluding hydrogens is 302 g/mol. The lowest BCUT2D eigenvalue weighted by atomic mass is 10.1. The van der Waals surface area contributed by atoms with Crippen LogP contribution in [0.5, 0.6) is 5.75 Å². The highest BCUT2D eigenvalue weighted by atomic mass is 79.9. The van der Waals surface area contributed by atoms with E-state index in [-0.39, 0.29) is 6.10 Å². The standard InChI is InChI=1S/C16H16BrNO/c17-10-14-12-18(11-13-6-2-1-3-7-13)15-8-4-5-9-16(15)19-14/h1-9,14H,10-12H2/t14-/m0/s1. The maximum absolute atomic E-state index is 5.96. The second kappa shape index (κ2) is 5.66. The van der Waals surface area contributed by atoms with Crippen LogP contribution in [0.15, 0.2) is 54.6 Å². The SMILES string of the molecule is BrC[C@H]1CN(Cc2ccccc2)c2ccccc2O1. The number of hydrogen-bond donors (Lipinski definition) is 0. The van der Waals surface area contributed by atoms with Crippen LogP contribution in [-0.2, 0) is 6.54 Å². The molecular formula is C16H16BrNO. The Morgan fingerprint density at radius 3 is 2.58 bits per heavy atom. The molecule has 0 unspecified atom stereocenters. The van der Waals surface area contributed by atoms with E-state index in [0.29, 0.717) is 0 Å². The predicted molar refractivity (Wildman–Crippen MR) is 82.1 cm³/mol. The first-order valence-electron chi connectivity index (χ1n) is 6.47. The molecule has 1 heterocycles. The van der Waals surface area contributed by atoms with Crippen molar-refractivity contribution in [1.29, 1.82) is 0 Å². The van der Waals surface area contributed by atoms with Crippen LogP contribution in [-0.4, -0.2) is 18.0 Å². The van der Waals surface area contributed by atoms with Gasteiger partial charge >= 0.3 is 0 Å². The van der Waals surface area contributed by atoms with Crippen molar-refractivity contribution in [2.45, 2.75) is 12.6 Å². The minimum Gasteiger partial charge on any atom is -0.486 e. The van der Waals surface area contributed by atoms with Gasteiger partial charge in [-0.25, -0.2) is 0 Å². The number of benzene rings is 2. The van der Waals surface area contributed by atoms with Crippen molar-refractivity contribution in [3.63, 3.8) is 0 Å². The number of alkyl halides is 1. The molecule has 0 N–H and O–H groups in total. The number of para-hydroxylation sites is 2. The van der Waals surface area contributed by atoms with Gasteiger partial charge in [0.2, 0.25) is 0 Å². The highest BCUT2D eigenvalue weighted by Gasteiger charge is 2.24. The summed E-state index contributed by atoms with van der Waals surface area (Å²) in [5, 5.41) is 0.854. The normalized spacial score (nSPS) is 17.7. The van der Waals surface area contributed by atoms with Gasteiger partial charge in [-0.3, -0.25) is 0 Å². The Labute approximate surface area is 122 Å². The lowest BCUT2D eigenvalue weighted by molar-refractivity contribution is 0.217. The van der Waals surface area contributed by atoms with E-state index in [1.54, 1.807) is 0 Å². The summed E-state index contributed by atoms with van der Waals surface area (Å²) in [5.41, 5.74) is 2.51. The number of halogens is 1. The van der Waals surface area contributed by atoms with Crippen LogP contribution >= 0.6 is 15.9 Å². The molecule has 2 aromatic carbocycles. The highest BCUT2D eigenvalue weighted by molar-refractivity contribution is 9.09. The fourth-order valence-electron chi connectivity index (χ4n) is 2.41. The third-order valence-corrected chi connectivity index (χ3v) is 4.03. The zero-order valence-electron chi connectivity index (χ0n) is 10.6. The molecule has 3 heteroatoms. The van der Waals surface area contributed by atoms with Crippen molar-refractivity contribution < 1.29 is 4.74 Å². The molecule has 0 aromatic heterocycles. The summed E-state index contributed by atoms with van der Waals surface area (Å²) in [7, 11) is 0. The van der Waals surface area contributed by atoms with Crippen LogP contribution in [0.1, 0.15) is 5.56 Å². The Bertz CT molecular complexity index is 543. The summed E-state index contributed by atoms with van der Waals surface area (Å²) >= 11 is 3.52. The van der Waals surface area contributed by atoms with E-state index in [2.05, 4.69) is 63.3 Å². The van der Waals surface area contributed by atoms with Gasteiger partial charge in [0.25, 0.3) is 0 Å². The summed E-state index contributed by atoms with van der Waals surface area (Å²) < 4.78 is 5.96. The van der Waals surface area contributed by atoms with Crippen molar-refractivity contribution in [3.05, 3.63) is 60.2 Å². The van der Waals surface area contributed by atoms with E-state index < -0.39 is 0 Å². The van der Waals surface area contributed by atoms with E-state index >= 15 is 0 Å². The first-order chi connectivity index (χ1) is 9.36. The quantitative estimate of drug-likeness (QED) is 0.797. The number of nitrogens with zero attached hydrogens (tertiary/aromatic N) is 1. The van der Waals surface area contributed by atoms with E-state index in [0.717, 1.165) is 24.2 Å². The minimum absolute atomic E-state index is 0.207. The second-order valence-corrected chi connectivity index (χ2v) is 5.38. The molecule has 0 fully saturated rings. The van der Waals surface area contributed by atoms with E-state index in [1.807, 2.05) is 12.1 Å². The molecule has 0 spiro atoms. The van der Waals surface area contributed by atoms with Gasteiger partial charge in [-0.2, -0.15) is 0 Å². The summed E-state index contributed by atoms with van der Waals surface area (Å²) in [4.78, 5) is 2.39. The number of anilines is 1. The Morgan fingerprint density at radius 1 is 1.05 bits per heavy atom. The molecule has 0 radical (unpaired) electrons. The fraction of sp³-hybridized carbons (Fsp3) is 0.250. The van der Waals surface area contributed by atoms with Crippen LogP contribution < -0.4 is 9.64 Å². The molecule has 1 aliphatic heterocycles. The largest absolute Gasteiger partial charge is 0.486 e. The van der Waals surface area contributed by atoms with Gasteiger partial charge in [0, 0.05) is 11.9 Å². The summed E-state index contributed by atoms with van der Waals surface area (Å²) in [6, 6.07) is 18.8. The van der Waals surface area contributed by atoms with Gasteiger partial charge in [-0.15, -0.1) is 0 Å². The molecule has 0 amide bonds. The molecule has 0 bridgehead atoms. The van der Waals surface area contributed by atoms with Crippen LogP contribution in [0.4, 0.5) is 5.69 Å². The van der Waals surface area contributed by atoms with E-state index in [1.165, 1.54) is 11.3 Å². The van der Waals surface area contributed by atoms with Gasteiger partial charge in [-0.1, -0.05) is 58.4 Å². The second-order valence-electron chi connectivity index (χ2n) is 4.73. The van der Waals surface area contributed by atoms with Crippen molar-refractivity contribution in [2.75, 3.05) is 16.8 Å². The molecule has 98 valence electrons. The Hall–Kier alpha value is -1.48. The topological polar surface area (TPSA) is 12.5 Å². The molecule has 1 atom stereocenters. The van der Waals surface area contributed by atoms with Crippen LogP contribution in [0, 0.1) is 0 Å². The summed E-state index contributed by atoms with van der Waals surface area (Å²) in [6.07, 6.45) is 0.207. The number of fused-ring (bicyclic) bond motifs is 1. The number of hydrogen-bond acceptors (Lipinski definition) is 2. The Morgan fingerprint density at radius 2 is 1.79 bits per heavy atom. The molecule has 0 aliphatic carbocycles. The molecule has 2 aromatic rings. The first kappa shape index (κ1) is 12.5. The first-order valence-corrected chi connectivity index (χ1v) is 7.59. The molecule has 0 saturated heterocycles. The molecule has 2 nitrogen and oxygen atoms in total. The van der Waals surface area contributed by atoms with Crippen molar-refractivity contribution >= 4 is 21.6 Å². The van der Waals surface area contributed by atoms with Gasteiger partial charge < -0.3 is 9.64 Å². The average molecular weight is 318 g/mol. The number of rotatable bonds is 3. The molecule has 1 aliphatic rings.